The summed E-state index contributed by atoms with van der Waals surface area (Å²) < 4.78 is 18.1. The van der Waals surface area contributed by atoms with Crippen LogP contribution in [0.3, 0.4) is 0 Å². The smallest absolute Gasteiger partial charge is 0.251 e. The molecule has 2 amide bonds. The Hall–Kier alpha value is -2.89. The Morgan fingerprint density at radius 2 is 2.04 bits per heavy atom. The number of anilines is 1. The van der Waals surface area contributed by atoms with E-state index >= 15 is 0 Å². The molecule has 0 aliphatic carbocycles. The summed E-state index contributed by atoms with van der Waals surface area (Å²) in [6, 6.07) is 12.7. The molecule has 1 fully saturated rings. The Morgan fingerprint density at radius 1 is 1.28 bits per heavy atom. The number of benzene rings is 2. The van der Waals surface area contributed by atoms with Gasteiger partial charge in [-0.25, -0.2) is 4.39 Å². The van der Waals surface area contributed by atoms with Gasteiger partial charge in [0.15, 0.2) is 0 Å². The summed E-state index contributed by atoms with van der Waals surface area (Å²) in [5, 5.41) is 2.86. The molecule has 1 saturated heterocycles. The lowest BCUT2D eigenvalue weighted by Crippen LogP contribution is -2.31. The molecule has 25 heavy (non-hydrogen) atoms. The zero-order chi connectivity index (χ0) is 17.8. The van der Waals surface area contributed by atoms with Crippen molar-refractivity contribution < 1.29 is 18.7 Å². The van der Waals surface area contributed by atoms with Crippen molar-refractivity contribution >= 4 is 17.5 Å². The van der Waals surface area contributed by atoms with Crippen LogP contribution in [0.1, 0.15) is 16.8 Å². The molecule has 0 radical (unpaired) electrons. The second-order valence-corrected chi connectivity index (χ2v) is 5.99. The molecular formula is C19H19FN2O3. The van der Waals surface area contributed by atoms with Gasteiger partial charge < -0.3 is 15.0 Å². The quantitative estimate of drug-likeness (QED) is 0.909. The number of hydrogen-bond acceptors (Lipinski definition) is 3. The third-order valence-corrected chi connectivity index (χ3v) is 4.23. The van der Waals surface area contributed by atoms with Gasteiger partial charge in [0.2, 0.25) is 5.91 Å². The number of hydrogen-bond donors (Lipinski definition) is 1. The summed E-state index contributed by atoms with van der Waals surface area (Å²) >= 11 is 0. The van der Waals surface area contributed by atoms with Gasteiger partial charge in [0, 0.05) is 36.7 Å². The second kappa shape index (κ2) is 7.34. The van der Waals surface area contributed by atoms with Crippen molar-refractivity contribution in [1.29, 1.82) is 0 Å². The Bertz CT molecular complexity index is 776. The monoisotopic (exact) mass is 342 g/mol. The summed E-state index contributed by atoms with van der Waals surface area (Å²) in [7, 11) is 1.55. The average molecular weight is 342 g/mol. The van der Waals surface area contributed by atoms with Crippen LogP contribution < -0.4 is 15.0 Å². The van der Waals surface area contributed by atoms with E-state index in [9.17, 15) is 14.0 Å². The van der Waals surface area contributed by atoms with E-state index in [1.165, 1.54) is 12.1 Å². The zero-order valence-corrected chi connectivity index (χ0v) is 13.9. The van der Waals surface area contributed by atoms with E-state index in [0.717, 1.165) is 0 Å². The molecular weight excluding hydrogens is 323 g/mol. The van der Waals surface area contributed by atoms with E-state index in [1.807, 2.05) is 0 Å². The number of nitrogens with one attached hydrogen (secondary N) is 1. The summed E-state index contributed by atoms with van der Waals surface area (Å²) in [5.41, 5.74) is 1.19. The van der Waals surface area contributed by atoms with Crippen LogP contribution in [0.5, 0.6) is 5.75 Å². The van der Waals surface area contributed by atoms with Crippen molar-refractivity contribution in [2.24, 2.45) is 5.92 Å². The number of amides is 2. The fourth-order valence-corrected chi connectivity index (χ4v) is 2.89. The summed E-state index contributed by atoms with van der Waals surface area (Å²) in [6.45, 7) is 0.905. The molecule has 1 aliphatic rings. The van der Waals surface area contributed by atoms with Crippen molar-refractivity contribution in [3.8, 4) is 5.75 Å². The normalized spacial score (nSPS) is 16.8. The molecule has 6 heteroatoms. The molecule has 1 heterocycles. The summed E-state index contributed by atoms with van der Waals surface area (Å²) in [6.07, 6.45) is 0.357. The van der Waals surface area contributed by atoms with E-state index in [2.05, 4.69) is 5.32 Å². The summed E-state index contributed by atoms with van der Waals surface area (Å²) in [4.78, 5) is 26.0. The molecule has 0 aromatic heterocycles. The molecule has 0 saturated carbocycles. The number of ether oxygens (including phenoxy) is 1. The van der Waals surface area contributed by atoms with Crippen LogP contribution in [0.25, 0.3) is 0 Å². The fourth-order valence-electron chi connectivity index (χ4n) is 2.89. The minimum atomic E-state index is -0.336. The first-order valence-corrected chi connectivity index (χ1v) is 8.05. The van der Waals surface area contributed by atoms with Gasteiger partial charge >= 0.3 is 0 Å². The van der Waals surface area contributed by atoms with Gasteiger partial charge in [0.1, 0.15) is 11.6 Å². The van der Waals surface area contributed by atoms with Crippen molar-refractivity contribution in [3.63, 3.8) is 0 Å². The predicted octanol–water partition coefficient (Wildman–Crippen LogP) is 2.62. The van der Waals surface area contributed by atoms with Crippen LogP contribution in [0.2, 0.25) is 0 Å². The maximum Gasteiger partial charge on any atom is 0.251 e. The van der Waals surface area contributed by atoms with E-state index in [1.54, 1.807) is 48.4 Å². The number of carbonyl (C=O) groups excluding carboxylic acids is 2. The fraction of sp³-hybridized carbons (Fsp3) is 0.263. The first-order chi connectivity index (χ1) is 12.1. The van der Waals surface area contributed by atoms with Crippen LogP contribution in [0.4, 0.5) is 10.1 Å². The van der Waals surface area contributed by atoms with E-state index < -0.39 is 0 Å². The van der Waals surface area contributed by atoms with Crippen molar-refractivity contribution in [2.75, 3.05) is 25.1 Å². The average Bonchev–Trinajstić information content (AvgIpc) is 3.01. The topological polar surface area (TPSA) is 58.6 Å². The van der Waals surface area contributed by atoms with E-state index in [4.69, 9.17) is 4.74 Å². The Labute approximate surface area is 145 Å². The van der Waals surface area contributed by atoms with Crippen LogP contribution in [-0.4, -0.2) is 32.0 Å². The molecule has 5 nitrogen and oxygen atoms in total. The Kier molecular flexibility index (Phi) is 4.97. The number of rotatable bonds is 5. The third kappa shape index (κ3) is 3.96. The number of nitrogens with zero attached hydrogens (tertiary/aromatic N) is 1. The van der Waals surface area contributed by atoms with Gasteiger partial charge in [-0.2, -0.15) is 0 Å². The van der Waals surface area contributed by atoms with Gasteiger partial charge in [-0.1, -0.05) is 6.07 Å². The molecule has 0 spiro atoms. The highest BCUT2D eigenvalue weighted by atomic mass is 19.1. The van der Waals surface area contributed by atoms with Gasteiger partial charge in [0.05, 0.1) is 7.11 Å². The first kappa shape index (κ1) is 17.0. The Morgan fingerprint density at radius 3 is 2.76 bits per heavy atom. The maximum absolute atomic E-state index is 13.0. The third-order valence-electron chi connectivity index (χ3n) is 4.23. The molecule has 2 aromatic rings. The van der Waals surface area contributed by atoms with E-state index in [-0.39, 0.29) is 23.5 Å². The number of carbonyl (C=O) groups is 2. The Balaban J connectivity index is 1.58. The largest absolute Gasteiger partial charge is 0.497 e. The minimum absolute atomic E-state index is 0.0205. The van der Waals surface area contributed by atoms with Crippen molar-refractivity contribution in [1.82, 2.24) is 5.32 Å². The van der Waals surface area contributed by atoms with Gasteiger partial charge in [-0.15, -0.1) is 0 Å². The zero-order valence-electron chi connectivity index (χ0n) is 13.9. The highest BCUT2D eigenvalue weighted by Gasteiger charge is 2.30. The van der Waals surface area contributed by atoms with Crippen LogP contribution >= 0.6 is 0 Å². The molecule has 1 atom stereocenters. The second-order valence-electron chi connectivity index (χ2n) is 5.99. The van der Waals surface area contributed by atoms with E-state index in [0.29, 0.717) is 36.5 Å². The molecule has 1 aliphatic heterocycles. The lowest BCUT2D eigenvalue weighted by atomic mass is 10.1. The SMILES string of the molecule is COc1cccc(C(=O)NC[C@H]2CC(=O)N(c3ccc(F)cc3)C2)c1. The van der Waals surface area contributed by atoms with Gasteiger partial charge in [0.25, 0.3) is 5.91 Å². The molecule has 1 N–H and O–H groups in total. The lowest BCUT2D eigenvalue weighted by Gasteiger charge is -2.17. The van der Waals surface area contributed by atoms with Crippen LogP contribution in [0.15, 0.2) is 48.5 Å². The standard InChI is InChI=1S/C19H19FN2O3/c1-25-17-4-2-3-14(10-17)19(24)21-11-13-9-18(23)22(12-13)16-7-5-15(20)6-8-16/h2-8,10,13H,9,11-12H2,1H3,(H,21,24)/t13-/m1/s1. The molecule has 130 valence electrons. The van der Waals surface area contributed by atoms with Crippen LogP contribution in [0, 0.1) is 11.7 Å². The molecule has 0 unspecified atom stereocenters. The minimum Gasteiger partial charge on any atom is -0.497 e. The predicted molar refractivity (Wildman–Crippen MR) is 92.2 cm³/mol. The highest BCUT2D eigenvalue weighted by Crippen LogP contribution is 2.25. The number of methoxy groups -OCH3 is 1. The first-order valence-electron chi connectivity index (χ1n) is 8.05. The maximum atomic E-state index is 13.0. The van der Waals surface area contributed by atoms with Crippen molar-refractivity contribution in [2.45, 2.75) is 6.42 Å². The lowest BCUT2D eigenvalue weighted by molar-refractivity contribution is -0.117. The summed E-state index contributed by atoms with van der Waals surface area (Å²) in [5.74, 6) is 0.0783. The highest BCUT2D eigenvalue weighted by molar-refractivity contribution is 5.96. The van der Waals surface area contributed by atoms with Crippen molar-refractivity contribution in [3.05, 3.63) is 59.9 Å². The van der Waals surface area contributed by atoms with Gasteiger partial charge in [-0.05, 0) is 42.5 Å². The molecule has 0 bridgehead atoms. The number of halogens is 1. The molecule has 2 aromatic carbocycles. The van der Waals surface area contributed by atoms with Gasteiger partial charge in [-0.3, -0.25) is 9.59 Å². The van der Waals surface area contributed by atoms with Crippen LogP contribution in [-0.2, 0) is 4.79 Å². The molecule has 3 rings (SSSR count).